The summed E-state index contributed by atoms with van der Waals surface area (Å²) in [6, 6.07) is 12.8. The molecule has 2 amide bonds. The second-order valence-electron chi connectivity index (χ2n) is 6.17. The summed E-state index contributed by atoms with van der Waals surface area (Å²) in [5.41, 5.74) is 0.808. The number of imide groups is 1. The van der Waals surface area contributed by atoms with E-state index in [0.29, 0.717) is 24.0 Å². The minimum absolute atomic E-state index is 0.0315. The number of amides is 2. The first-order valence-electron chi connectivity index (χ1n) is 9.15. The number of benzene rings is 2. The van der Waals surface area contributed by atoms with Crippen molar-refractivity contribution in [2.45, 2.75) is 18.9 Å². The van der Waals surface area contributed by atoms with Crippen molar-refractivity contribution in [2.24, 2.45) is 0 Å². The van der Waals surface area contributed by atoms with E-state index in [1.165, 1.54) is 19.2 Å². The van der Waals surface area contributed by atoms with Crippen LogP contribution in [-0.4, -0.2) is 42.5 Å². The third kappa shape index (κ3) is 7.00. The van der Waals surface area contributed by atoms with Crippen LogP contribution in [0.4, 0.5) is 4.79 Å². The number of methoxy groups -OCH3 is 1. The van der Waals surface area contributed by atoms with Gasteiger partial charge in [-0.05, 0) is 42.7 Å². The molecule has 2 N–H and O–H groups in total. The van der Waals surface area contributed by atoms with E-state index in [-0.39, 0.29) is 23.9 Å². The first-order valence-corrected chi connectivity index (χ1v) is 9.78. The maximum Gasteiger partial charge on any atom is 0.414 e. The molecule has 0 saturated carbocycles. The molecule has 0 saturated heterocycles. The standard InChI is InChI=1S/C21H23NO7S/c1-27-18-10-9-15(12-16(18)23)17(8-5-11-28-19(24)13-30)29-21(26)22-20(25)14-6-3-2-4-7-14/h2-4,6-7,9-10,12,17,23,30H,5,8,11,13H2,1H3,(H,22,25,26)/t17-/m1/s1. The zero-order valence-corrected chi connectivity index (χ0v) is 17.3. The van der Waals surface area contributed by atoms with Gasteiger partial charge >= 0.3 is 12.1 Å². The van der Waals surface area contributed by atoms with E-state index in [9.17, 15) is 19.5 Å². The number of carbonyl (C=O) groups is 3. The van der Waals surface area contributed by atoms with Gasteiger partial charge in [0, 0.05) is 5.56 Å². The van der Waals surface area contributed by atoms with Gasteiger partial charge < -0.3 is 19.3 Å². The molecule has 0 aliphatic heterocycles. The summed E-state index contributed by atoms with van der Waals surface area (Å²) in [5.74, 6) is -0.936. The number of hydrogen-bond donors (Lipinski definition) is 3. The highest BCUT2D eigenvalue weighted by molar-refractivity contribution is 7.81. The second-order valence-corrected chi connectivity index (χ2v) is 6.48. The molecule has 0 fully saturated rings. The van der Waals surface area contributed by atoms with Gasteiger partial charge in [0.25, 0.3) is 5.91 Å². The number of phenolic OH excluding ortho intramolecular Hbond substituents is 1. The van der Waals surface area contributed by atoms with Crippen molar-refractivity contribution in [2.75, 3.05) is 19.5 Å². The molecule has 0 aromatic heterocycles. The van der Waals surface area contributed by atoms with Crippen LogP contribution in [0.1, 0.15) is 34.9 Å². The largest absolute Gasteiger partial charge is 0.504 e. The monoisotopic (exact) mass is 433 g/mol. The molecule has 30 heavy (non-hydrogen) atoms. The Kier molecular flexibility index (Phi) is 9.02. The number of carbonyl (C=O) groups excluding carboxylic acids is 3. The Morgan fingerprint density at radius 2 is 1.87 bits per heavy atom. The zero-order valence-electron chi connectivity index (χ0n) is 16.4. The lowest BCUT2D eigenvalue weighted by molar-refractivity contribution is -0.140. The first-order chi connectivity index (χ1) is 14.4. The van der Waals surface area contributed by atoms with Gasteiger partial charge in [0.15, 0.2) is 11.5 Å². The molecule has 1 atom stereocenters. The van der Waals surface area contributed by atoms with E-state index >= 15 is 0 Å². The summed E-state index contributed by atoms with van der Waals surface area (Å²) in [4.78, 5) is 35.6. The molecule has 0 unspecified atom stereocenters. The average molecular weight is 433 g/mol. The molecule has 9 heteroatoms. The van der Waals surface area contributed by atoms with Crippen LogP contribution < -0.4 is 10.1 Å². The first kappa shape index (κ1) is 23.1. The predicted molar refractivity (Wildman–Crippen MR) is 112 cm³/mol. The van der Waals surface area contributed by atoms with Crippen LogP contribution in [0, 0.1) is 0 Å². The third-order valence-electron chi connectivity index (χ3n) is 4.08. The zero-order chi connectivity index (χ0) is 21.9. The van der Waals surface area contributed by atoms with Gasteiger partial charge in [0.1, 0.15) is 6.10 Å². The molecule has 2 aromatic carbocycles. The van der Waals surface area contributed by atoms with Gasteiger partial charge in [-0.2, -0.15) is 12.6 Å². The van der Waals surface area contributed by atoms with Gasteiger partial charge in [-0.3, -0.25) is 14.9 Å². The molecular weight excluding hydrogens is 410 g/mol. The summed E-state index contributed by atoms with van der Waals surface area (Å²) in [6.07, 6.45) is -1.05. The van der Waals surface area contributed by atoms with E-state index in [0.717, 1.165) is 0 Å². The van der Waals surface area contributed by atoms with Gasteiger partial charge in [0.05, 0.1) is 19.5 Å². The van der Waals surface area contributed by atoms with Crippen LogP contribution in [0.25, 0.3) is 0 Å². The predicted octanol–water partition coefficient (Wildman–Crippen LogP) is 3.26. The number of esters is 1. The molecule has 0 aliphatic carbocycles. The third-order valence-corrected chi connectivity index (χ3v) is 4.34. The van der Waals surface area contributed by atoms with Gasteiger partial charge in [-0.1, -0.05) is 24.3 Å². The molecule has 8 nitrogen and oxygen atoms in total. The van der Waals surface area contributed by atoms with Crippen molar-refractivity contribution in [1.29, 1.82) is 0 Å². The number of hydrogen-bond acceptors (Lipinski definition) is 8. The summed E-state index contributed by atoms with van der Waals surface area (Å²) < 4.78 is 15.4. The molecule has 0 radical (unpaired) electrons. The number of thiol groups is 1. The number of aromatic hydroxyl groups is 1. The highest BCUT2D eigenvalue weighted by atomic mass is 32.1. The number of phenols is 1. The van der Waals surface area contributed by atoms with Crippen LogP contribution in [0.5, 0.6) is 11.5 Å². The number of nitrogens with one attached hydrogen (secondary N) is 1. The van der Waals surface area contributed by atoms with Crippen molar-refractivity contribution in [1.82, 2.24) is 5.32 Å². The maximum atomic E-state index is 12.3. The van der Waals surface area contributed by atoms with Crippen molar-refractivity contribution in [3.8, 4) is 11.5 Å². The van der Waals surface area contributed by atoms with Gasteiger partial charge in [0.2, 0.25) is 0 Å². The van der Waals surface area contributed by atoms with E-state index in [1.54, 1.807) is 36.4 Å². The SMILES string of the molecule is COc1ccc([C@@H](CCCOC(=O)CS)OC(=O)NC(=O)c2ccccc2)cc1O. The van der Waals surface area contributed by atoms with Gasteiger partial charge in [-0.25, -0.2) is 4.79 Å². The van der Waals surface area contributed by atoms with Crippen molar-refractivity contribution in [3.05, 3.63) is 59.7 Å². The molecule has 160 valence electrons. The Morgan fingerprint density at radius 3 is 2.50 bits per heavy atom. The lowest BCUT2D eigenvalue weighted by Crippen LogP contribution is -2.32. The normalized spacial score (nSPS) is 11.3. The Bertz CT molecular complexity index is 873. The second kappa shape index (κ2) is 11.7. The number of alkyl carbamates (subject to hydrolysis) is 1. The Morgan fingerprint density at radius 1 is 1.13 bits per heavy atom. The topological polar surface area (TPSA) is 111 Å². The summed E-state index contributed by atoms with van der Waals surface area (Å²) in [5, 5.41) is 12.2. The van der Waals surface area contributed by atoms with Crippen LogP contribution >= 0.6 is 12.6 Å². The summed E-state index contributed by atoms with van der Waals surface area (Å²) in [7, 11) is 1.42. The van der Waals surface area contributed by atoms with E-state index in [2.05, 4.69) is 17.9 Å². The lowest BCUT2D eigenvalue weighted by atomic mass is 10.0. The van der Waals surface area contributed by atoms with Crippen molar-refractivity contribution >= 4 is 30.6 Å². The van der Waals surface area contributed by atoms with E-state index in [4.69, 9.17) is 14.2 Å². The van der Waals surface area contributed by atoms with Gasteiger partial charge in [-0.15, -0.1) is 0 Å². The van der Waals surface area contributed by atoms with E-state index in [1.807, 2.05) is 0 Å². The summed E-state index contributed by atoms with van der Waals surface area (Å²) in [6.45, 7) is 0.117. The Hall–Kier alpha value is -3.20. The fourth-order valence-corrected chi connectivity index (χ4v) is 2.71. The molecule has 0 bridgehead atoms. The molecule has 0 heterocycles. The Labute approximate surface area is 179 Å². The minimum Gasteiger partial charge on any atom is -0.504 e. The molecule has 2 rings (SSSR count). The van der Waals surface area contributed by atoms with Crippen LogP contribution in [0.2, 0.25) is 0 Å². The van der Waals surface area contributed by atoms with Crippen LogP contribution in [0.3, 0.4) is 0 Å². The summed E-state index contributed by atoms with van der Waals surface area (Å²) >= 11 is 3.83. The number of rotatable bonds is 9. The fourth-order valence-electron chi connectivity index (χ4n) is 2.61. The molecule has 2 aromatic rings. The van der Waals surface area contributed by atoms with Crippen molar-refractivity contribution < 1.29 is 33.7 Å². The smallest absolute Gasteiger partial charge is 0.414 e. The molecular formula is C21H23NO7S. The number of ether oxygens (including phenoxy) is 3. The molecule has 0 spiro atoms. The van der Waals surface area contributed by atoms with Crippen molar-refractivity contribution in [3.63, 3.8) is 0 Å². The Balaban J connectivity index is 2.06. The lowest BCUT2D eigenvalue weighted by Gasteiger charge is -2.19. The van der Waals surface area contributed by atoms with Crippen LogP contribution in [-0.2, 0) is 14.3 Å². The average Bonchev–Trinajstić information content (AvgIpc) is 2.76. The maximum absolute atomic E-state index is 12.3. The van der Waals surface area contributed by atoms with Crippen LogP contribution in [0.15, 0.2) is 48.5 Å². The fraction of sp³-hybridized carbons (Fsp3) is 0.286. The highest BCUT2D eigenvalue weighted by Gasteiger charge is 2.20. The molecule has 0 aliphatic rings. The minimum atomic E-state index is -0.934. The highest BCUT2D eigenvalue weighted by Crippen LogP contribution is 2.32. The van der Waals surface area contributed by atoms with E-state index < -0.39 is 24.1 Å². The quantitative estimate of drug-likeness (QED) is 0.316.